The van der Waals surface area contributed by atoms with Gasteiger partial charge in [-0.25, -0.2) is 8.78 Å². The van der Waals surface area contributed by atoms with Crippen LogP contribution in [0, 0.1) is 11.6 Å². The molecule has 0 aliphatic rings. The molecule has 0 saturated carbocycles. The van der Waals surface area contributed by atoms with E-state index in [1.165, 1.54) is 6.07 Å². The van der Waals surface area contributed by atoms with E-state index in [2.05, 4.69) is 0 Å². The maximum atomic E-state index is 13.5. The van der Waals surface area contributed by atoms with E-state index in [1.807, 2.05) is 36.2 Å². The van der Waals surface area contributed by atoms with Crippen molar-refractivity contribution in [3.05, 3.63) is 65.2 Å². The summed E-state index contributed by atoms with van der Waals surface area (Å²) in [6.07, 6.45) is 0. The minimum atomic E-state index is -0.807. The normalized spacial score (nSPS) is 10.9. The van der Waals surface area contributed by atoms with Gasteiger partial charge < -0.3 is 5.73 Å². The number of hydrogen-bond donors (Lipinski definition) is 1. The largest absolute Gasteiger partial charge is 0.399 e. The molecule has 0 aromatic heterocycles. The summed E-state index contributed by atoms with van der Waals surface area (Å²) in [5.41, 5.74) is 7.76. The van der Waals surface area contributed by atoms with Crippen molar-refractivity contribution in [2.75, 3.05) is 12.8 Å². The van der Waals surface area contributed by atoms with Gasteiger partial charge in [0.15, 0.2) is 11.6 Å². The molecule has 0 bridgehead atoms. The van der Waals surface area contributed by atoms with Gasteiger partial charge >= 0.3 is 0 Å². The first kappa shape index (κ1) is 13.5. The molecule has 100 valence electrons. The second-order valence-corrected chi connectivity index (χ2v) is 4.63. The molecule has 0 saturated heterocycles. The van der Waals surface area contributed by atoms with E-state index in [0.717, 1.165) is 11.6 Å². The van der Waals surface area contributed by atoms with Gasteiger partial charge in [0, 0.05) is 24.3 Å². The number of nitrogen functional groups attached to an aromatic ring is 1. The minimum Gasteiger partial charge on any atom is -0.399 e. The van der Waals surface area contributed by atoms with Gasteiger partial charge in [-0.1, -0.05) is 24.3 Å². The van der Waals surface area contributed by atoms with E-state index in [-0.39, 0.29) is 0 Å². The Morgan fingerprint density at radius 2 is 1.68 bits per heavy atom. The highest BCUT2D eigenvalue weighted by Gasteiger charge is 2.09. The number of benzene rings is 2. The monoisotopic (exact) mass is 262 g/mol. The quantitative estimate of drug-likeness (QED) is 0.857. The van der Waals surface area contributed by atoms with Gasteiger partial charge in [0.1, 0.15) is 0 Å². The van der Waals surface area contributed by atoms with Crippen molar-refractivity contribution in [3.63, 3.8) is 0 Å². The summed E-state index contributed by atoms with van der Waals surface area (Å²) in [4.78, 5) is 1.92. The topological polar surface area (TPSA) is 29.3 Å². The van der Waals surface area contributed by atoms with Crippen LogP contribution in [0.15, 0.2) is 42.5 Å². The van der Waals surface area contributed by atoms with E-state index >= 15 is 0 Å². The molecule has 0 spiro atoms. The van der Waals surface area contributed by atoms with Crippen LogP contribution in [-0.2, 0) is 13.1 Å². The lowest BCUT2D eigenvalue weighted by Crippen LogP contribution is -2.18. The Labute approximate surface area is 111 Å². The third-order valence-electron chi connectivity index (χ3n) is 2.90. The van der Waals surface area contributed by atoms with E-state index in [4.69, 9.17) is 5.73 Å². The highest BCUT2D eigenvalue weighted by atomic mass is 19.2. The Balaban J connectivity index is 2.03. The fraction of sp³-hybridized carbons (Fsp3) is 0.200. The van der Waals surface area contributed by atoms with E-state index in [1.54, 1.807) is 6.07 Å². The van der Waals surface area contributed by atoms with Crippen LogP contribution in [0.4, 0.5) is 14.5 Å². The second kappa shape index (κ2) is 5.80. The number of hydrogen-bond acceptors (Lipinski definition) is 2. The smallest absolute Gasteiger partial charge is 0.163 e. The Bertz CT molecular complexity index is 553. The van der Waals surface area contributed by atoms with E-state index in [9.17, 15) is 8.78 Å². The number of anilines is 1. The predicted octanol–water partition coefficient (Wildman–Crippen LogP) is 3.18. The van der Waals surface area contributed by atoms with Gasteiger partial charge in [-0.15, -0.1) is 0 Å². The van der Waals surface area contributed by atoms with Crippen LogP contribution < -0.4 is 5.73 Å². The van der Waals surface area contributed by atoms with Crippen molar-refractivity contribution in [2.24, 2.45) is 0 Å². The Kier molecular flexibility index (Phi) is 4.12. The molecule has 2 N–H and O–H groups in total. The van der Waals surface area contributed by atoms with Crippen molar-refractivity contribution in [2.45, 2.75) is 13.1 Å². The maximum absolute atomic E-state index is 13.5. The summed E-state index contributed by atoms with van der Waals surface area (Å²) >= 11 is 0. The fourth-order valence-electron chi connectivity index (χ4n) is 1.95. The Morgan fingerprint density at radius 3 is 2.37 bits per heavy atom. The summed E-state index contributed by atoms with van der Waals surface area (Å²) in [5.74, 6) is -1.58. The zero-order chi connectivity index (χ0) is 13.8. The number of nitrogens with zero attached hydrogens (tertiary/aromatic N) is 1. The molecule has 2 aromatic carbocycles. The van der Waals surface area contributed by atoms with Crippen molar-refractivity contribution in [1.29, 1.82) is 0 Å². The Hall–Kier alpha value is -1.94. The predicted molar refractivity (Wildman–Crippen MR) is 72.4 cm³/mol. The third kappa shape index (κ3) is 3.51. The Morgan fingerprint density at radius 1 is 1.00 bits per heavy atom. The van der Waals surface area contributed by atoms with Gasteiger partial charge in [0.2, 0.25) is 0 Å². The fourth-order valence-corrected chi connectivity index (χ4v) is 1.95. The molecular weight excluding hydrogens is 246 g/mol. The zero-order valence-corrected chi connectivity index (χ0v) is 10.7. The molecule has 0 fully saturated rings. The minimum absolute atomic E-state index is 0.355. The average molecular weight is 262 g/mol. The molecule has 2 nitrogen and oxygen atoms in total. The first-order valence-corrected chi connectivity index (χ1v) is 6.02. The molecule has 0 aliphatic heterocycles. The van der Waals surface area contributed by atoms with Crippen molar-refractivity contribution in [3.8, 4) is 0 Å². The first-order valence-electron chi connectivity index (χ1n) is 6.02. The van der Waals surface area contributed by atoms with Crippen LogP contribution in [0.3, 0.4) is 0 Å². The SMILES string of the molecule is CN(Cc1ccc(N)cc1)Cc1cccc(F)c1F. The molecule has 0 atom stereocenters. The highest BCUT2D eigenvalue weighted by Crippen LogP contribution is 2.15. The lowest BCUT2D eigenvalue weighted by atomic mass is 10.1. The van der Waals surface area contributed by atoms with E-state index in [0.29, 0.717) is 24.3 Å². The molecule has 0 unspecified atom stereocenters. The number of rotatable bonds is 4. The first-order chi connectivity index (χ1) is 9.06. The molecule has 4 heteroatoms. The molecule has 19 heavy (non-hydrogen) atoms. The average Bonchev–Trinajstić information content (AvgIpc) is 2.38. The lowest BCUT2D eigenvalue weighted by Gasteiger charge is -2.17. The standard InChI is InChI=1S/C15H16F2N2/c1-19(9-11-5-7-13(18)8-6-11)10-12-3-2-4-14(16)15(12)17/h2-8H,9-10,18H2,1H3. The van der Waals surface area contributed by atoms with Crippen LogP contribution in [0.2, 0.25) is 0 Å². The number of nitrogens with two attached hydrogens (primary N) is 1. The van der Waals surface area contributed by atoms with Gasteiger partial charge in [-0.2, -0.15) is 0 Å². The van der Waals surface area contributed by atoms with Crippen LogP contribution in [0.1, 0.15) is 11.1 Å². The van der Waals surface area contributed by atoms with Gasteiger partial charge in [0.05, 0.1) is 0 Å². The van der Waals surface area contributed by atoms with Gasteiger partial charge in [-0.3, -0.25) is 4.90 Å². The summed E-state index contributed by atoms with van der Waals surface area (Å²) in [5, 5.41) is 0. The van der Waals surface area contributed by atoms with Crippen molar-refractivity contribution in [1.82, 2.24) is 4.90 Å². The molecule has 0 amide bonds. The van der Waals surface area contributed by atoms with Gasteiger partial charge in [0.25, 0.3) is 0 Å². The van der Waals surface area contributed by atoms with Crippen molar-refractivity contribution < 1.29 is 8.78 Å². The summed E-state index contributed by atoms with van der Waals surface area (Å²) in [7, 11) is 1.86. The summed E-state index contributed by atoms with van der Waals surface area (Å²) in [6.45, 7) is 1.00. The molecular formula is C15H16F2N2. The van der Waals surface area contributed by atoms with Crippen LogP contribution >= 0.6 is 0 Å². The molecule has 0 heterocycles. The molecule has 0 radical (unpaired) electrons. The second-order valence-electron chi connectivity index (χ2n) is 4.63. The summed E-state index contributed by atoms with van der Waals surface area (Å²) < 4.78 is 26.6. The van der Waals surface area contributed by atoms with Gasteiger partial charge in [-0.05, 0) is 30.8 Å². The third-order valence-corrected chi connectivity index (χ3v) is 2.90. The maximum Gasteiger partial charge on any atom is 0.163 e. The summed E-state index contributed by atoms with van der Waals surface area (Å²) in [6, 6.07) is 11.7. The molecule has 0 aliphatic carbocycles. The van der Waals surface area contributed by atoms with E-state index < -0.39 is 11.6 Å². The van der Waals surface area contributed by atoms with Crippen LogP contribution in [0.25, 0.3) is 0 Å². The van der Waals surface area contributed by atoms with Crippen molar-refractivity contribution >= 4 is 5.69 Å². The lowest BCUT2D eigenvalue weighted by molar-refractivity contribution is 0.311. The molecule has 2 aromatic rings. The van der Waals surface area contributed by atoms with Crippen LogP contribution in [-0.4, -0.2) is 11.9 Å². The molecule has 2 rings (SSSR count). The highest BCUT2D eigenvalue weighted by molar-refractivity contribution is 5.39. The zero-order valence-electron chi connectivity index (χ0n) is 10.7. The number of halogens is 2. The van der Waals surface area contributed by atoms with Crippen LogP contribution in [0.5, 0.6) is 0 Å².